The first-order valence-corrected chi connectivity index (χ1v) is 12.0. The van der Waals surface area contributed by atoms with E-state index in [1.54, 1.807) is 0 Å². The lowest BCUT2D eigenvalue weighted by Gasteiger charge is -2.39. The molecule has 2 fully saturated rings. The maximum atomic E-state index is 4.89. The van der Waals surface area contributed by atoms with Crippen LogP contribution in [0, 0.1) is 13.8 Å². The lowest BCUT2D eigenvalue weighted by atomic mass is 9.88. The maximum absolute atomic E-state index is 4.89. The number of rotatable bonds is 4. The zero-order valence-electron chi connectivity index (χ0n) is 19.6. The smallest absolute Gasteiger partial charge is 0.161 e. The van der Waals surface area contributed by atoms with Crippen molar-refractivity contribution in [2.75, 3.05) is 18.0 Å². The maximum Gasteiger partial charge on any atom is 0.161 e. The first kappa shape index (κ1) is 20.3. The van der Waals surface area contributed by atoms with Crippen molar-refractivity contribution in [3.8, 4) is 5.82 Å². The van der Waals surface area contributed by atoms with Crippen molar-refractivity contribution >= 4 is 16.9 Å². The monoisotopic (exact) mass is 442 g/mol. The van der Waals surface area contributed by atoms with E-state index in [1.807, 2.05) is 24.6 Å². The van der Waals surface area contributed by atoms with Crippen molar-refractivity contribution < 1.29 is 0 Å². The number of benzene rings is 1. The summed E-state index contributed by atoms with van der Waals surface area (Å²) in [5.74, 6) is 6.40. The number of aryl methyl sites for hydroxylation is 3. The van der Waals surface area contributed by atoms with Gasteiger partial charge in [-0.2, -0.15) is 4.68 Å². The summed E-state index contributed by atoms with van der Waals surface area (Å²) in [4.78, 5) is 21.5. The highest BCUT2D eigenvalue weighted by Crippen LogP contribution is 2.34. The summed E-state index contributed by atoms with van der Waals surface area (Å²) in [7, 11) is 2.11. The minimum absolute atomic E-state index is 0.396. The normalized spacial score (nSPS) is 17.6. The van der Waals surface area contributed by atoms with E-state index in [9.17, 15) is 0 Å². The standard InChI is InChI=1S/C25H30N8/c1-16-26-22(32-14-19(15-32)24-29-20-11-7-8-12-21(20)31(24)3)13-23(27-16)33-25(28-17(2)30-33)18-9-5-4-6-10-18/h7-8,11-13,18-19H,4-6,9-10,14-15H2,1-3H3. The number of hydrogen-bond donors (Lipinski definition) is 0. The van der Waals surface area contributed by atoms with Crippen LogP contribution in [0.3, 0.4) is 0 Å². The predicted molar refractivity (Wildman–Crippen MR) is 128 cm³/mol. The highest BCUT2D eigenvalue weighted by Gasteiger charge is 2.33. The molecular weight excluding hydrogens is 412 g/mol. The van der Waals surface area contributed by atoms with Crippen LogP contribution in [0.2, 0.25) is 0 Å². The first-order chi connectivity index (χ1) is 16.1. The van der Waals surface area contributed by atoms with E-state index in [0.717, 1.165) is 53.5 Å². The third kappa shape index (κ3) is 3.57. The van der Waals surface area contributed by atoms with Crippen molar-refractivity contribution in [3.05, 3.63) is 53.6 Å². The highest BCUT2D eigenvalue weighted by atomic mass is 15.4. The summed E-state index contributed by atoms with van der Waals surface area (Å²) in [5, 5.41) is 4.72. The van der Waals surface area contributed by atoms with E-state index >= 15 is 0 Å². The quantitative estimate of drug-likeness (QED) is 0.471. The average Bonchev–Trinajstić information content (AvgIpc) is 3.34. The van der Waals surface area contributed by atoms with Crippen LogP contribution in [0.15, 0.2) is 30.3 Å². The molecule has 1 saturated heterocycles. The lowest BCUT2D eigenvalue weighted by molar-refractivity contribution is 0.422. The summed E-state index contributed by atoms with van der Waals surface area (Å²) in [6.45, 7) is 5.73. The van der Waals surface area contributed by atoms with Gasteiger partial charge in [0.05, 0.1) is 17.0 Å². The van der Waals surface area contributed by atoms with Crippen molar-refractivity contribution in [3.63, 3.8) is 0 Å². The van der Waals surface area contributed by atoms with E-state index in [1.165, 1.54) is 37.6 Å². The SMILES string of the molecule is Cc1nc(N2CC(c3nc4ccccc4n3C)C2)cc(-n2nc(C)nc2C2CCCCC2)n1. The van der Waals surface area contributed by atoms with Gasteiger partial charge in [0, 0.05) is 32.1 Å². The fourth-order valence-electron chi connectivity index (χ4n) is 5.39. The van der Waals surface area contributed by atoms with Crippen molar-refractivity contribution in [1.29, 1.82) is 0 Å². The van der Waals surface area contributed by atoms with Gasteiger partial charge >= 0.3 is 0 Å². The van der Waals surface area contributed by atoms with Crippen LogP contribution < -0.4 is 4.90 Å². The molecule has 0 radical (unpaired) electrons. The Hall–Kier alpha value is -3.29. The number of hydrogen-bond acceptors (Lipinski definition) is 6. The van der Waals surface area contributed by atoms with Crippen molar-refractivity contribution in [2.24, 2.45) is 7.05 Å². The summed E-state index contributed by atoms with van der Waals surface area (Å²) in [6.07, 6.45) is 6.22. The number of fused-ring (bicyclic) bond motifs is 1. The summed E-state index contributed by atoms with van der Waals surface area (Å²) in [6, 6.07) is 10.4. The largest absolute Gasteiger partial charge is 0.355 e. The van der Waals surface area contributed by atoms with Gasteiger partial charge in [-0.25, -0.2) is 19.9 Å². The molecule has 1 aromatic carbocycles. The Morgan fingerprint density at radius 1 is 0.788 bits per heavy atom. The van der Waals surface area contributed by atoms with Crippen molar-refractivity contribution in [1.82, 2.24) is 34.3 Å². The fraction of sp³-hybridized carbons (Fsp3) is 0.480. The van der Waals surface area contributed by atoms with Gasteiger partial charge in [-0.1, -0.05) is 31.4 Å². The predicted octanol–water partition coefficient (Wildman–Crippen LogP) is 4.21. The molecule has 3 aromatic heterocycles. The van der Waals surface area contributed by atoms with Gasteiger partial charge in [0.1, 0.15) is 29.1 Å². The topological polar surface area (TPSA) is 77.5 Å². The molecule has 33 heavy (non-hydrogen) atoms. The molecule has 1 saturated carbocycles. The van der Waals surface area contributed by atoms with E-state index in [-0.39, 0.29) is 0 Å². The van der Waals surface area contributed by atoms with E-state index in [4.69, 9.17) is 25.0 Å². The molecule has 4 aromatic rings. The van der Waals surface area contributed by atoms with Crippen LogP contribution in [0.5, 0.6) is 0 Å². The Bertz CT molecular complexity index is 1310. The third-order valence-electron chi connectivity index (χ3n) is 7.13. The molecular formula is C25H30N8. The summed E-state index contributed by atoms with van der Waals surface area (Å²) < 4.78 is 4.19. The first-order valence-electron chi connectivity index (χ1n) is 12.0. The van der Waals surface area contributed by atoms with E-state index in [0.29, 0.717) is 11.8 Å². The summed E-state index contributed by atoms with van der Waals surface area (Å²) in [5.41, 5.74) is 2.24. The van der Waals surface area contributed by atoms with Gasteiger partial charge < -0.3 is 9.47 Å². The second-order valence-electron chi connectivity index (χ2n) is 9.52. The number of para-hydroxylation sites is 2. The molecule has 4 heterocycles. The number of nitrogens with zero attached hydrogens (tertiary/aromatic N) is 8. The molecule has 6 rings (SSSR count). The van der Waals surface area contributed by atoms with Crippen molar-refractivity contribution in [2.45, 2.75) is 57.8 Å². The Labute approximate surface area is 193 Å². The molecule has 8 nitrogen and oxygen atoms in total. The molecule has 0 unspecified atom stereocenters. The summed E-state index contributed by atoms with van der Waals surface area (Å²) >= 11 is 0. The second-order valence-corrected chi connectivity index (χ2v) is 9.52. The van der Waals surface area contributed by atoms with Crippen LogP contribution >= 0.6 is 0 Å². The van der Waals surface area contributed by atoms with Crippen LogP contribution in [0.1, 0.15) is 67.2 Å². The van der Waals surface area contributed by atoms with Gasteiger partial charge in [0.15, 0.2) is 5.82 Å². The van der Waals surface area contributed by atoms with Gasteiger partial charge in [-0.15, -0.1) is 5.10 Å². The molecule has 0 amide bonds. The molecule has 8 heteroatoms. The van der Waals surface area contributed by atoms with Crippen LogP contribution in [-0.2, 0) is 7.05 Å². The van der Waals surface area contributed by atoms with Gasteiger partial charge in [0.2, 0.25) is 0 Å². The minimum Gasteiger partial charge on any atom is -0.355 e. The molecule has 0 N–H and O–H groups in total. The number of aromatic nitrogens is 7. The number of imidazole rings is 1. The minimum atomic E-state index is 0.396. The van der Waals surface area contributed by atoms with E-state index < -0.39 is 0 Å². The van der Waals surface area contributed by atoms with Crippen LogP contribution in [-0.4, -0.2) is 47.4 Å². The van der Waals surface area contributed by atoms with Gasteiger partial charge in [-0.05, 0) is 38.8 Å². The highest BCUT2D eigenvalue weighted by molar-refractivity contribution is 5.76. The molecule has 2 aliphatic rings. The van der Waals surface area contributed by atoms with Gasteiger partial charge in [-0.3, -0.25) is 0 Å². The lowest BCUT2D eigenvalue weighted by Crippen LogP contribution is -2.46. The Morgan fingerprint density at radius 3 is 2.33 bits per heavy atom. The molecule has 170 valence electrons. The fourth-order valence-corrected chi connectivity index (χ4v) is 5.39. The molecule has 0 atom stereocenters. The van der Waals surface area contributed by atoms with Crippen LogP contribution in [0.25, 0.3) is 16.9 Å². The second kappa shape index (κ2) is 7.93. The number of anilines is 1. The van der Waals surface area contributed by atoms with Crippen LogP contribution in [0.4, 0.5) is 5.82 Å². The zero-order chi connectivity index (χ0) is 22.5. The Kier molecular flexibility index (Phi) is 4.89. The van der Waals surface area contributed by atoms with E-state index in [2.05, 4.69) is 40.8 Å². The average molecular weight is 443 g/mol. The zero-order valence-corrected chi connectivity index (χ0v) is 19.6. The Balaban J connectivity index is 1.27. The Morgan fingerprint density at radius 2 is 1.55 bits per heavy atom. The molecule has 1 aliphatic heterocycles. The van der Waals surface area contributed by atoms with Gasteiger partial charge in [0.25, 0.3) is 0 Å². The molecule has 0 spiro atoms. The molecule has 0 bridgehead atoms. The molecule has 1 aliphatic carbocycles. The third-order valence-corrected chi connectivity index (χ3v) is 7.13.